The first-order chi connectivity index (χ1) is 7.43. The minimum Gasteiger partial charge on any atom is -0.481 e. The second kappa shape index (κ2) is 5.05. The zero-order chi connectivity index (χ0) is 12.3. The molecule has 0 aliphatic heterocycles. The van der Waals surface area contributed by atoms with Crippen molar-refractivity contribution in [3.8, 4) is 0 Å². The average molecular weight is 228 g/mol. The predicted molar refractivity (Wildman–Crippen MR) is 56.9 cm³/mol. The molecule has 1 rings (SSSR count). The van der Waals surface area contributed by atoms with Crippen molar-refractivity contribution in [2.24, 2.45) is 0 Å². The number of benzene rings is 1. The lowest BCUT2D eigenvalue weighted by Gasteiger charge is -2.19. The van der Waals surface area contributed by atoms with E-state index < -0.39 is 24.7 Å². The van der Waals surface area contributed by atoms with Crippen molar-refractivity contribution in [1.82, 2.24) is 0 Å². The van der Waals surface area contributed by atoms with E-state index in [2.05, 4.69) is 0 Å². The van der Waals surface area contributed by atoms with E-state index in [0.717, 1.165) is 0 Å². The van der Waals surface area contributed by atoms with Gasteiger partial charge in [0, 0.05) is 0 Å². The van der Waals surface area contributed by atoms with E-state index in [-0.39, 0.29) is 0 Å². The summed E-state index contributed by atoms with van der Waals surface area (Å²) in [6, 6.07) is 5.22. The highest BCUT2D eigenvalue weighted by molar-refractivity contribution is 5.68. The lowest BCUT2D eigenvalue weighted by atomic mass is 9.89. The lowest BCUT2D eigenvalue weighted by molar-refractivity contribution is -0.138. The molecule has 0 amide bonds. The molecule has 0 saturated heterocycles. The molecule has 1 unspecified atom stereocenters. The largest absolute Gasteiger partial charge is 0.481 e. The first kappa shape index (κ1) is 12.6. The number of aliphatic carboxylic acids is 1. The van der Waals surface area contributed by atoms with Crippen LogP contribution in [0, 0.1) is 13.8 Å². The van der Waals surface area contributed by atoms with E-state index >= 15 is 0 Å². The molecule has 88 valence electrons. The fraction of sp³-hybridized carbons (Fsp3) is 0.417. The molecule has 1 aromatic rings. The number of halogens is 2. The van der Waals surface area contributed by atoms with E-state index in [9.17, 15) is 13.6 Å². The van der Waals surface area contributed by atoms with Gasteiger partial charge in [-0.3, -0.25) is 4.79 Å². The first-order valence-electron chi connectivity index (χ1n) is 4.99. The van der Waals surface area contributed by atoms with Crippen molar-refractivity contribution in [2.45, 2.75) is 32.6 Å². The Morgan fingerprint density at radius 3 is 2.19 bits per heavy atom. The van der Waals surface area contributed by atoms with Crippen LogP contribution in [0.4, 0.5) is 8.78 Å². The van der Waals surface area contributed by atoms with E-state index in [1.165, 1.54) is 0 Å². The Bertz CT molecular complexity index is 368. The number of carbonyl (C=O) groups is 1. The maximum atomic E-state index is 12.8. The molecular weight excluding hydrogens is 214 g/mol. The summed E-state index contributed by atoms with van der Waals surface area (Å²) in [6.07, 6.45) is -3.19. The van der Waals surface area contributed by atoms with Crippen molar-refractivity contribution < 1.29 is 18.7 Å². The summed E-state index contributed by atoms with van der Waals surface area (Å²) in [7, 11) is 0. The third kappa shape index (κ3) is 2.78. The second-order valence-electron chi connectivity index (χ2n) is 3.84. The highest BCUT2D eigenvalue weighted by Gasteiger charge is 2.27. The van der Waals surface area contributed by atoms with Gasteiger partial charge in [-0.25, -0.2) is 8.78 Å². The highest BCUT2D eigenvalue weighted by atomic mass is 19.3. The summed E-state index contributed by atoms with van der Waals surface area (Å²) >= 11 is 0. The van der Waals surface area contributed by atoms with Crippen molar-refractivity contribution in [1.29, 1.82) is 0 Å². The molecule has 1 aromatic carbocycles. The smallest absolute Gasteiger partial charge is 0.304 e. The second-order valence-corrected chi connectivity index (χ2v) is 3.84. The van der Waals surface area contributed by atoms with Gasteiger partial charge in [0.15, 0.2) is 0 Å². The van der Waals surface area contributed by atoms with Crippen LogP contribution in [0.2, 0.25) is 0 Å². The van der Waals surface area contributed by atoms with Gasteiger partial charge in [-0.05, 0) is 30.5 Å². The molecule has 2 nitrogen and oxygen atoms in total. The van der Waals surface area contributed by atoms with Crippen LogP contribution in [0.1, 0.15) is 29.0 Å². The minimum atomic E-state index is -2.66. The third-order valence-corrected chi connectivity index (χ3v) is 2.61. The maximum absolute atomic E-state index is 12.8. The predicted octanol–water partition coefficient (Wildman–Crippen LogP) is 3.13. The zero-order valence-electron chi connectivity index (χ0n) is 9.21. The Balaban J connectivity index is 3.15. The Morgan fingerprint density at radius 1 is 1.31 bits per heavy atom. The molecule has 0 aromatic heterocycles. The molecule has 0 aliphatic carbocycles. The van der Waals surface area contributed by atoms with Gasteiger partial charge in [-0.1, -0.05) is 18.2 Å². The van der Waals surface area contributed by atoms with Gasteiger partial charge in [0.2, 0.25) is 6.43 Å². The molecule has 0 radical (unpaired) electrons. The first-order valence-corrected chi connectivity index (χ1v) is 4.99. The summed E-state index contributed by atoms with van der Waals surface area (Å²) < 4.78 is 25.7. The van der Waals surface area contributed by atoms with Crippen LogP contribution in [0.5, 0.6) is 0 Å². The minimum absolute atomic E-state index is 0.458. The van der Waals surface area contributed by atoms with Gasteiger partial charge < -0.3 is 5.11 Å². The standard InChI is InChI=1S/C12H14F2O2/c1-7-4-3-5-8(2)11(7)9(12(13)14)6-10(15)16/h3-5,9,12H,6H2,1-2H3,(H,15,16). The average Bonchev–Trinajstić information content (AvgIpc) is 2.15. The molecule has 0 aliphatic rings. The molecule has 4 heteroatoms. The number of hydrogen-bond donors (Lipinski definition) is 1. The topological polar surface area (TPSA) is 37.3 Å². The SMILES string of the molecule is Cc1cccc(C)c1C(CC(=O)O)C(F)F. The Morgan fingerprint density at radius 2 is 1.81 bits per heavy atom. The fourth-order valence-corrected chi connectivity index (χ4v) is 1.92. The van der Waals surface area contributed by atoms with Gasteiger partial charge in [0.25, 0.3) is 0 Å². The van der Waals surface area contributed by atoms with Crippen LogP contribution >= 0.6 is 0 Å². The molecule has 1 atom stereocenters. The number of aryl methyl sites for hydroxylation is 2. The Labute approximate surface area is 92.9 Å². The summed E-state index contributed by atoms with van der Waals surface area (Å²) in [6.45, 7) is 3.44. The number of carboxylic acid groups (broad SMARTS) is 1. The highest BCUT2D eigenvalue weighted by Crippen LogP contribution is 2.31. The quantitative estimate of drug-likeness (QED) is 0.859. The lowest BCUT2D eigenvalue weighted by Crippen LogP contribution is -2.16. The van der Waals surface area contributed by atoms with Gasteiger partial charge >= 0.3 is 5.97 Å². The molecule has 0 saturated carbocycles. The molecule has 0 heterocycles. The van der Waals surface area contributed by atoms with Crippen LogP contribution in [0.3, 0.4) is 0 Å². The molecule has 1 N–H and O–H groups in total. The monoisotopic (exact) mass is 228 g/mol. The normalized spacial score (nSPS) is 12.8. The van der Waals surface area contributed by atoms with Gasteiger partial charge in [-0.15, -0.1) is 0 Å². The third-order valence-electron chi connectivity index (χ3n) is 2.61. The van der Waals surface area contributed by atoms with E-state index in [1.54, 1.807) is 32.0 Å². The summed E-state index contributed by atoms with van der Waals surface area (Å²) in [5.74, 6) is -2.42. The summed E-state index contributed by atoms with van der Waals surface area (Å²) in [5.41, 5.74) is 1.89. The van der Waals surface area contributed by atoms with Crippen LogP contribution in [-0.2, 0) is 4.79 Å². The molecule has 0 fully saturated rings. The van der Waals surface area contributed by atoms with Crippen LogP contribution in [-0.4, -0.2) is 17.5 Å². The van der Waals surface area contributed by atoms with Crippen molar-refractivity contribution >= 4 is 5.97 Å². The van der Waals surface area contributed by atoms with Crippen molar-refractivity contribution in [3.63, 3.8) is 0 Å². The summed E-state index contributed by atoms with van der Waals surface area (Å²) in [5, 5.41) is 8.64. The molecule has 0 spiro atoms. The van der Waals surface area contributed by atoms with E-state index in [0.29, 0.717) is 16.7 Å². The van der Waals surface area contributed by atoms with Gasteiger partial charge in [0.1, 0.15) is 0 Å². The van der Waals surface area contributed by atoms with Crippen molar-refractivity contribution in [3.05, 3.63) is 34.9 Å². The van der Waals surface area contributed by atoms with Gasteiger partial charge in [-0.2, -0.15) is 0 Å². The fourth-order valence-electron chi connectivity index (χ4n) is 1.92. The number of alkyl halides is 2. The number of hydrogen-bond acceptors (Lipinski definition) is 1. The van der Waals surface area contributed by atoms with Crippen LogP contribution in [0.15, 0.2) is 18.2 Å². The molecule has 16 heavy (non-hydrogen) atoms. The van der Waals surface area contributed by atoms with Gasteiger partial charge in [0.05, 0.1) is 12.3 Å². The van der Waals surface area contributed by atoms with Crippen molar-refractivity contribution in [2.75, 3.05) is 0 Å². The van der Waals surface area contributed by atoms with E-state index in [4.69, 9.17) is 5.11 Å². The Hall–Kier alpha value is -1.45. The Kier molecular flexibility index (Phi) is 3.99. The van der Waals surface area contributed by atoms with E-state index in [1.807, 2.05) is 0 Å². The number of rotatable bonds is 4. The molecule has 0 bridgehead atoms. The molecular formula is C12H14F2O2. The zero-order valence-corrected chi connectivity index (χ0v) is 9.21. The van der Waals surface area contributed by atoms with Crippen LogP contribution in [0.25, 0.3) is 0 Å². The summed E-state index contributed by atoms with van der Waals surface area (Å²) in [4.78, 5) is 10.6. The maximum Gasteiger partial charge on any atom is 0.304 e. The van der Waals surface area contributed by atoms with Crippen LogP contribution < -0.4 is 0 Å². The number of carboxylic acids is 1.